The summed E-state index contributed by atoms with van der Waals surface area (Å²) in [7, 11) is 0. The summed E-state index contributed by atoms with van der Waals surface area (Å²) in [5.41, 5.74) is 3.18. The van der Waals surface area contributed by atoms with Crippen LogP contribution < -0.4 is 5.32 Å². The Bertz CT molecular complexity index is 762. The Labute approximate surface area is 153 Å². The van der Waals surface area contributed by atoms with Crippen molar-refractivity contribution < 1.29 is 4.79 Å². The molecule has 0 saturated carbocycles. The molecule has 1 amide bonds. The molecule has 6 heteroatoms. The topological polar surface area (TPSA) is 64.3 Å². The zero-order valence-corrected chi connectivity index (χ0v) is 14.9. The van der Waals surface area contributed by atoms with Gasteiger partial charge in [0.15, 0.2) is 0 Å². The summed E-state index contributed by atoms with van der Waals surface area (Å²) in [6.07, 6.45) is 6.95. The fourth-order valence-electron chi connectivity index (χ4n) is 3.66. The van der Waals surface area contributed by atoms with Gasteiger partial charge < -0.3 is 15.2 Å². The van der Waals surface area contributed by atoms with Crippen molar-refractivity contribution in [3.8, 4) is 0 Å². The number of nitrogens with zero attached hydrogens (tertiary/aromatic N) is 3. The molecule has 2 aliphatic rings. The molecule has 3 heterocycles. The maximum atomic E-state index is 12.9. The van der Waals surface area contributed by atoms with Gasteiger partial charge in [0, 0.05) is 51.4 Å². The van der Waals surface area contributed by atoms with Crippen molar-refractivity contribution in [2.24, 2.45) is 0 Å². The summed E-state index contributed by atoms with van der Waals surface area (Å²) in [6.45, 7) is 5.10. The Balaban J connectivity index is 1.29. The number of benzene rings is 1. The van der Waals surface area contributed by atoms with Crippen molar-refractivity contribution >= 4 is 12.0 Å². The molecule has 2 aliphatic heterocycles. The number of amides is 1. The van der Waals surface area contributed by atoms with Crippen LogP contribution in [-0.4, -0.2) is 64.9 Å². The minimum absolute atomic E-state index is 0.150. The van der Waals surface area contributed by atoms with Crippen LogP contribution in [0.4, 0.5) is 0 Å². The maximum Gasteiger partial charge on any atom is 0.246 e. The predicted molar refractivity (Wildman–Crippen MR) is 102 cm³/mol. The normalized spacial score (nSPS) is 21.1. The Hall–Kier alpha value is -2.44. The number of rotatable bonds is 4. The van der Waals surface area contributed by atoms with Gasteiger partial charge in [0.2, 0.25) is 5.91 Å². The minimum atomic E-state index is -0.297. The second kappa shape index (κ2) is 7.85. The number of fused-ring (bicyclic) bond motifs is 1. The summed E-state index contributed by atoms with van der Waals surface area (Å²) in [4.78, 5) is 24.8. The average Bonchev–Trinajstić information content (AvgIpc) is 3.18. The maximum absolute atomic E-state index is 12.9. The van der Waals surface area contributed by atoms with Crippen LogP contribution in [0.3, 0.4) is 0 Å². The summed E-state index contributed by atoms with van der Waals surface area (Å²) in [5.74, 6) is 0.150. The average molecular weight is 351 g/mol. The first-order valence-corrected chi connectivity index (χ1v) is 9.29. The number of hydrogen-bond donors (Lipinski definition) is 2. The van der Waals surface area contributed by atoms with Gasteiger partial charge in [-0.05, 0) is 5.56 Å². The fourth-order valence-corrected chi connectivity index (χ4v) is 3.66. The van der Waals surface area contributed by atoms with E-state index in [0.29, 0.717) is 0 Å². The molecule has 1 aromatic heterocycles. The van der Waals surface area contributed by atoms with E-state index in [2.05, 4.69) is 44.5 Å². The van der Waals surface area contributed by atoms with Crippen LogP contribution in [0.2, 0.25) is 0 Å². The van der Waals surface area contributed by atoms with Crippen LogP contribution >= 0.6 is 0 Å². The van der Waals surface area contributed by atoms with Crippen molar-refractivity contribution in [3.63, 3.8) is 0 Å². The third kappa shape index (κ3) is 3.71. The van der Waals surface area contributed by atoms with E-state index < -0.39 is 0 Å². The molecule has 26 heavy (non-hydrogen) atoms. The van der Waals surface area contributed by atoms with Gasteiger partial charge in [-0.2, -0.15) is 0 Å². The van der Waals surface area contributed by atoms with Crippen molar-refractivity contribution in [2.45, 2.75) is 12.5 Å². The number of hydrogen-bond acceptors (Lipinski definition) is 4. The first-order valence-electron chi connectivity index (χ1n) is 9.29. The lowest BCUT2D eigenvalue weighted by molar-refractivity contribution is -0.135. The second-order valence-corrected chi connectivity index (χ2v) is 6.84. The molecule has 1 aromatic carbocycles. The molecule has 0 radical (unpaired) electrons. The highest BCUT2D eigenvalue weighted by atomic mass is 16.2. The Morgan fingerprint density at radius 1 is 1.19 bits per heavy atom. The highest BCUT2D eigenvalue weighted by Crippen LogP contribution is 2.22. The predicted octanol–water partition coefficient (Wildman–Crippen LogP) is 1.45. The van der Waals surface area contributed by atoms with Crippen molar-refractivity contribution in [1.29, 1.82) is 0 Å². The molecular weight excluding hydrogens is 326 g/mol. The third-order valence-corrected chi connectivity index (χ3v) is 5.15. The molecular formula is C20H25N5O. The standard InChI is InChI=1S/C20H25N5O/c26-20(19-18-17(8-9-21-19)22-15-23-18)25-13-11-24(12-14-25)10-4-7-16-5-2-1-3-6-16/h1-7,15,19,21H,8-14H2,(H,22,23)/b7-4+. The molecule has 1 fully saturated rings. The number of aromatic amines is 1. The van der Waals surface area contributed by atoms with Crippen molar-refractivity contribution in [1.82, 2.24) is 25.1 Å². The van der Waals surface area contributed by atoms with Gasteiger partial charge in [-0.25, -0.2) is 4.98 Å². The van der Waals surface area contributed by atoms with Crippen LogP contribution in [0.25, 0.3) is 6.08 Å². The molecule has 0 spiro atoms. The molecule has 2 aromatic rings. The number of carbonyl (C=O) groups is 1. The number of H-pyrrole nitrogens is 1. The number of carbonyl (C=O) groups excluding carboxylic acids is 1. The summed E-state index contributed by atoms with van der Waals surface area (Å²) < 4.78 is 0. The van der Waals surface area contributed by atoms with E-state index in [1.54, 1.807) is 6.33 Å². The molecule has 6 nitrogen and oxygen atoms in total. The lowest BCUT2D eigenvalue weighted by atomic mass is 10.0. The van der Waals surface area contributed by atoms with Crippen LogP contribution in [-0.2, 0) is 11.2 Å². The number of imidazole rings is 1. The molecule has 1 unspecified atom stereocenters. The molecule has 2 N–H and O–H groups in total. The molecule has 1 atom stereocenters. The number of nitrogens with one attached hydrogen (secondary N) is 2. The summed E-state index contributed by atoms with van der Waals surface area (Å²) in [5, 5.41) is 3.32. The van der Waals surface area contributed by atoms with E-state index in [-0.39, 0.29) is 11.9 Å². The second-order valence-electron chi connectivity index (χ2n) is 6.84. The first kappa shape index (κ1) is 17.0. The summed E-state index contributed by atoms with van der Waals surface area (Å²) in [6, 6.07) is 10.0. The van der Waals surface area contributed by atoms with Crippen molar-refractivity contribution in [3.05, 3.63) is 59.7 Å². The highest BCUT2D eigenvalue weighted by molar-refractivity contribution is 5.83. The van der Waals surface area contributed by atoms with E-state index >= 15 is 0 Å². The van der Waals surface area contributed by atoms with E-state index in [4.69, 9.17) is 0 Å². The SMILES string of the molecule is O=C(C1NCCc2[nH]cnc21)N1CCN(C/C=C/c2ccccc2)CC1. The van der Waals surface area contributed by atoms with Gasteiger partial charge in [-0.3, -0.25) is 9.69 Å². The van der Waals surface area contributed by atoms with E-state index in [9.17, 15) is 4.79 Å². The van der Waals surface area contributed by atoms with Gasteiger partial charge in [-0.1, -0.05) is 42.5 Å². The zero-order chi connectivity index (χ0) is 17.8. The lowest BCUT2D eigenvalue weighted by Crippen LogP contribution is -2.52. The van der Waals surface area contributed by atoms with Crippen LogP contribution in [0.15, 0.2) is 42.7 Å². The molecule has 0 aliphatic carbocycles. The van der Waals surface area contributed by atoms with Gasteiger partial charge in [-0.15, -0.1) is 0 Å². The van der Waals surface area contributed by atoms with Gasteiger partial charge >= 0.3 is 0 Å². The minimum Gasteiger partial charge on any atom is -0.348 e. The highest BCUT2D eigenvalue weighted by Gasteiger charge is 2.32. The molecule has 0 bridgehead atoms. The largest absolute Gasteiger partial charge is 0.348 e. The van der Waals surface area contributed by atoms with Gasteiger partial charge in [0.25, 0.3) is 0 Å². The Kier molecular flexibility index (Phi) is 5.13. The Morgan fingerprint density at radius 2 is 2.00 bits per heavy atom. The van der Waals surface area contributed by atoms with Gasteiger partial charge in [0.05, 0.1) is 12.0 Å². The summed E-state index contributed by atoms with van der Waals surface area (Å²) >= 11 is 0. The van der Waals surface area contributed by atoms with Crippen LogP contribution in [0.5, 0.6) is 0 Å². The first-order chi connectivity index (χ1) is 12.8. The number of aromatic nitrogens is 2. The smallest absolute Gasteiger partial charge is 0.246 e. The van der Waals surface area contributed by atoms with E-state index in [0.717, 1.165) is 57.1 Å². The number of piperazine rings is 1. The van der Waals surface area contributed by atoms with Gasteiger partial charge in [0.1, 0.15) is 6.04 Å². The van der Waals surface area contributed by atoms with Crippen LogP contribution in [0.1, 0.15) is 23.0 Å². The van der Waals surface area contributed by atoms with Crippen molar-refractivity contribution in [2.75, 3.05) is 39.3 Å². The third-order valence-electron chi connectivity index (χ3n) is 5.15. The molecule has 136 valence electrons. The monoisotopic (exact) mass is 351 g/mol. The molecule has 1 saturated heterocycles. The van der Waals surface area contributed by atoms with E-state index in [1.165, 1.54) is 5.56 Å². The quantitative estimate of drug-likeness (QED) is 0.875. The Morgan fingerprint density at radius 3 is 2.81 bits per heavy atom. The van der Waals surface area contributed by atoms with E-state index in [1.807, 2.05) is 23.1 Å². The fraction of sp³-hybridized carbons (Fsp3) is 0.400. The zero-order valence-electron chi connectivity index (χ0n) is 14.9. The lowest BCUT2D eigenvalue weighted by Gasteiger charge is -2.36. The van der Waals surface area contributed by atoms with Crippen LogP contribution in [0, 0.1) is 0 Å². The molecule has 4 rings (SSSR count).